The van der Waals surface area contributed by atoms with Crippen LogP contribution in [0.15, 0.2) is 24.5 Å². The third kappa shape index (κ3) is 1.28. The highest BCUT2D eigenvalue weighted by molar-refractivity contribution is 5.79. The van der Waals surface area contributed by atoms with Crippen LogP contribution in [0.1, 0.15) is 12.5 Å². The number of aromatic nitrogens is 1. The molecule has 1 aromatic heterocycles. The zero-order valence-electron chi connectivity index (χ0n) is 8.06. The molecule has 0 aliphatic carbocycles. The molecule has 0 aromatic carbocycles. The van der Waals surface area contributed by atoms with Crippen molar-refractivity contribution >= 4 is 5.97 Å². The van der Waals surface area contributed by atoms with Crippen LogP contribution in [0.5, 0.6) is 0 Å². The van der Waals surface area contributed by atoms with Crippen molar-refractivity contribution in [3.63, 3.8) is 0 Å². The fourth-order valence-electron chi connectivity index (χ4n) is 1.47. The number of nitrogens with zero attached hydrogens (tertiary/aromatic N) is 1. The fraction of sp³-hybridized carbons (Fsp3) is 0.400. The van der Waals surface area contributed by atoms with Crippen molar-refractivity contribution in [1.82, 2.24) is 4.98 Å². The minimum absolute atomic E-state index is 0.337. The van der Waals surface area contributed by atoms with Gasteiger partial charge in [0, 0.05) is 18.0 Å². The second kappa shape index (κ2) is 3.06. The number of methoxy groups -OCH3 is 1. The zero-order chi connectivity index (χ0) is 10.2. The van der Waals surface area contributed by atoms with E-state index in [0.29, 0.717) is 0 Å². The second-order valence-corrected chi connectivity index (χ2v) is 3.37. The van der Waals surface area contributed by atoms with Crippen molar-refractivity contribution in [2.75, 3.05) is 7.11 Å². The van der Waals surface area contributed by atoms with Gasteiger partial charge in [0.2, 0.25) is 0 Å². The number of carbonyl (C=O) groups excluding carboxylic acids is 1. The van der Waals surface area contributed by atoms with E-state index in [9.17, 15) is 4.79 Å². The molecule has 1 saturated heterocycles. The number of hydrogen-bond donors (Lipinski definition) is 0. The number of ether oxygens (including phenoxy) is 2. The summed E-state index contributed by atoms with van der Waals surface area (Å²) < 4.78 is 9.94. The van der Waals surface area contributed by atoms with Crippen molar-refractivity contribution in [3.05, 3.63) is 30.1 Å². The average molecular weight is 193 g/mol. The predicted molar refractivity (Wildman–Crippen MR) is 48.5 cm³/mol. The standard InChI is InChI=1S/C10H11NO3/c1-10(7-4-3-5-11-6-7)8(14-10)9(12)13-2/h3-6,8H,1-2H3. The van der Waals surface area contributed by atoms with E-state index in [-0.39, 0.29) is 5.97 Å². The van der Waals surface area contributed by atoms with E-state index < -0.39 is 11.7 Å². The van der Waals surface area contributed by atoms with E-state index in [1.807, 2.05) is 19.1 Å². The van der Waals surface area contributed by atoms with E-state index in [1.54, 1.807) is 12.4 Å². The molecule has 1 fully saturated rings. The van der Waals surface area contributed by atoms with Gasteiger partial charge in [0.15, 0.2) is 6.10 Å². The van der Waals surface area contributed by atoms with Gasteiger partial charge in [-0.25, -0.2) is 4.79 Å². The maximum absolute atomic E-state index is 11.2. The highest BCUT2D eigenvalue weighted by Gasteiger charge is 2.59. The molecule has 4 heteroatoms. The van der Waals surface area contributed by atoms with Gasteiger partial charge in [0.25, 0.3) is 0 Å². The van der Waals surface area contributed by atoms with Crippen LogP contribution in [0.25, 0.3) is 0 Å². The lowest BCUT2D eigenvalue weighted by Gasteiger charge is -2.04. The quantitative estimate of drug-likeness (QED) is 0.516. The number of esters is 1. The van der Waals surface area contributed by atoms with Crippen LogP contribution in [0.2, 0.25) is 0 Å². The van der Waals surface area contributed by atoms with Crippen LogP contribution in [0.4, 0.5) is 0 Å². The number of pyridine rings is 1. The summed E-state index contributed by atoms with van der Waals surface area (Å²) in [6.45, 7) is 1.85. The molecule has 1 aliphatic heterocycles. The van der Waals surface area contributed by atoms with E-state index in [4.69, 9.17) is 4.74 Å². The molecule has 0 spiro atoms. The fourth-order valence-corrected chi connectivity index (χ4v) is 1.47. The van der Waals surface area contributed by atoms with Gasteiger partial charge < -0.3 is 9.47 Å². The first kappa shape index (κ1) is 9.15. The van der Waals surface area contributed by atoms with E-state index >= 15 is 0 Å². The summed E-state index contributed by atoms with van der Waals surface area (Å²) in [6, 6.07) is 3.70. The molecule has 1 aromatic rings. The van der Waals surface area contributed by atoms with Crippen molar-refractivity contribution in [3.8, 4) is 0 Å². The smallest absolute Gasteiger partial charge is 0.338 e. The third-order valence-corrected chi connectivity index (χ3v) is 2.46. The maximum atomic E-state index is 11.2. The van der Waals surface area contributed by atoms with Crippen LogP contribution in [-0.2, 0) is 19.9 Å². The van der Waals surface area contributed by atoms with Crippen molar-refractivity contribution < 1.29 is 14.3 Å². The van der Waals surface area contributed by atoms with Gasteiger partial charge in [-0.2, -0.15) is 0 Å². The highest BCUT2D eigenvalue weighted by Crippen LogP contribution is 2.45. The first-order valence-electron chi connectivity index (χ1n) is 4.34. The van der Waals surface area contributed by atoms with Gasteiger partial charge in [0.05, 0.1) is 7.11 Å². The largest absolute Gasteiger partial charge is 0.467 e. The third-order valence-electron chi connectivity index (χ3n) is 2.46. The molecule has 2 heterocycles. The first-order valence-corrected chi connectivity index (χ1v) is 4.34. The number of carbonyl (C=O) groups is 1. The van der Waals surface area contributed by atoms with Crippen molar-refractivity contribution in [2.24, 2.45) is 0 Å². The Hall–Kier alpha value is -1.42. The summed E-state index contributed by atoms with van der Waals surface area (Å²) in [7, 11) is 1.35. The number of rotatable bonds is 2. The molecule has 2 unspecified atom stereocenters. The van der Waals surface area contributed by atoms with Crippen LogP contribution in [0, 0.1) is 0 Å². The van der Waals surface area contributed by atoms with E-state index in [1.165, 1.54) is 7.11 Å². The van der Waals surface area contributed by atoms with Crippen molar-refractivity contribution in [2.45, 2.75) is 18.6 Å². The molecular weight excluding hydrogens is 182 g/mol. The summed E-state index contributed by atoms with van der Waals surface area (Å²) in [5.41, 5.74) is 0.344. The second-order valence-electron chi connectivity index (χ2n) is 3.37. The van der Waals surface area contributed by atoms with E-state index in [0.717, 1.165) is 5.56 Å². The zero-order valence-corrected chi connectivity index (χ0v) is 8.06. The van der Waals surface area contributed by atoms with Gasteiger partial charge in [-0.1, -0.05) is 6.07 Å². The molecule has 14 heavy (non-hydrogen) atoms. The molecule has 74 valence electrons. The molecule has 0 saturated carbocycles. The topological polar surface area (TPSA) is 51.7 Å². The summed E-state index contributed by atoms with van der Waals surface area (Å²) in [6.07, 6.45) is 2.89. The molecule has 1 aliphatic rings. The Bertz CT molecular complexity index is 352. The molecule has 0 radical (unpaired) electrons. The summed E-state index contributed by atoms with van der Waals surface area (Å²) in [5.74, 6) is -0.337. The molecular formula is C10H11NO3. The summed E-state index contributed by atoms with van der Waals surface area (Å²) in [4.78, 5) is 15.2. The van der Waals surface area contributed by atoms with Gasteiger partial charge >= 0.3 is 5.97 Å². The Morgan fingerprint density at radius 1 is 1.71 bits per heavy atom. The molecule has 0 amide bonds. The van der Waals surface area contributed by atoms with Crippen molar-refractivity contribution in [1.29, 1.82) is 0 Å². The summed E-state index contributed by atoms with van der Waals surface area (Å²) >= 11 is 0. The van der Waals surface area contributed by atoms with Crippen LogP contribution < -0.4 is 0 Å². The number of hydrogen-bond acceptors (Lipinski definition) is 4. The minimum atomic E-state index is -0.554. The van der Waals surface area contributed by atoms with Gasteiger partial charge in [-0.3, -0.25) is 4.98 Å². The number of epoxide rings is 1. The van der Waals surface area contributed by atoms with Gasteiger partial charge in [-0.05, 0) is 13.0 Å². The molecule has 0 N–H and O–H groups in total. The molecule has 0 bridgehead atoms. The lowest BCUT2D eigenvalue weighted by atomic mass is 9.99. The van der Waals surface area contributed by atoms with Crippen LogP contribution >= 0.6 is 0 Å². The Balaban J connectivity index is 2.19. The normalized spacial score (nSPS) is 29.7. The Morgan fingerprint density at radius 2 is 2.50 bits per heavy atom. The average Bonchev–Trinajstić information content (AvgIpc) is 2.93. The van der Waals surface area contributed by atoms with Gasteiger partial charge in [0.1, 0.15) is 5.60 Å². The Kier molecular flexibility index (Phi) is 2.00. The summed E-state index contributed by atoms with van der Waals surface area (Å²) in [5, 5.41) is 0. The first-order chi connectivity index (χ1) is 6.68. The molecule has 4 nitrogen and oxygen atoms in total. The molecule has 2 atom stereocenters. The maximum Gasteiger partial charge on any atom is 0.338 e. The lowest BCUT2D eigenvalue weighted by molar-refractivity contribution is -0.142. The minimum Gasteiger partial charge on any atom is -0.467 e. The van der Waals surface area contributed by atoms with Crippen LogP contribution in [0.3, 0.4) is 0 Å². The van der Waals surface area contributed by atoms with E-state index in [2.05, 4.69) is 9.72 Å². The highest BCUT2D eigenvalue weighted by atomic mass is 16.6. The monoisotopic (exact) mass is 193 g/mol. The molecule has 2 rings (SSSR count). The Morgan fingerprint density at radius 3 is 3.07 bits per heavy atom. The predicted octanol–water partition coefficient (Wildman–Crippen LogP) is 0.869. The van der Waals surface area contributed by atoms with Crippen LogP contribution in [-0.4, -0.2) is 24.2 Å². The SMILES string of the molecule is COC(=O)C1OC1(C)c1cccnc1. The lowest BCUT2D eigenvalue weighted by Crippen LogP contribution is -2.17. The van der Waals surface area contributed by atoms with Gasteiger partial charge in [-0.15, -0.1) is 0 Å². The Labute approximate surface area is 81.9 Å².